The van der Waals surface area contributed by atoms with Gasteiger partial charge in [-0.3, -0.25) is 0 Å². The summed E-state index contributed by atoms with van der Waals surface area (Å²) in [6.07, 6.45) is 6.73. The number of nitrogens with one attached hydrogen (secondary N) is 1. The third-order valence-corrected chi connectivity index (χ3v) is 5.99. The van der Waals surface area contributed by atoms with Crippen molar-refractivity contribution in [2.75, 3.05) is 39.3 Å². The zero-order chi connectivity index (χ0) is 23.4. The van der Waals surface area contributed by atoms with Crippen molar-refractivity contribution in [2.24, 2.45) is 17.6 Å². The fourth-order valence-corrected chi connectivity index (χ4v) is 3.83. The average Bonchev–Trinajstić information content (AvgIpc) is 2.66. The van der Waals surface area contributed by atoms with Gasteiger partial charge in [0.05, 0.1) is 0 Å². The molecule has 2 saturated heterocycles. The Morgan fingerprint density at radius 3 is 1.71 bits per heavy atom. The fourth-order valence-electron chi connectivity index (χ4n) is 3.83. The second-order valence-corrected chi connectivity index (χ2v) is 11.3. The molecule has 0 radical (unpaired) electrons. The third kappa shape index (κ3) is 14.8. The summed E-state index contributed by atoms with van der Waals surface area (Å²) < 4.78 is 5.28. The van der Waals surface area contributed by atoms with Crippen LogP contribution in [-0.4, -0.2) is 72.8 Å². The Balaban J connectivity index is 0.000000343. The summed E-state index contributed by atoms with van der Waals surface area (Å²) in [6, 6.07) is 0.741. The number of nitrogens with two attached hydrogens (primary N) is 1. The molecule has 6 heteroatoms. The monoisotopic (exact) mass is 440 g/mol. The molecule has 2 fully saturated rings. The highest BCUT2D eigenvalue weighted by molar-refractivity contribution is 5.68. The van der Waals surface area contributed by atoms with Gasteiger partial charge >= 0.3 is 6.09 Å². The standard InChI is InChI=1S/C15H30N2O2.C10H22N2/c1-12(2)6-9-17-10-7-13(8-11-17)16-14(18)19-15(3,4)5;1-9(2)3-6-12-7-4-10(11)5-8-12/h12-13H,6-11H2,1-5H3,(H,16,18);9-10H,3-8,11H2,1-2H3. The second kappa shape index (κ2) is 14.3. The quantitative estimate of drug-likeness (QED) is 0.611. The molecule has 0 atom stereocenters. The number of ether oxygens (including phenoxy) is 1. The fraction of sp³-hybridized carbons (Fsp3) is 0.960. The minimum atomic E-state index is -0.415. The van der Waals surface area contributed by atoms with E-state index in [2.05, 4.69) is 42.8 Å². The topological polar surface area (TPSA) is 70.8 Å². The number of nitrogens with zero attached hydrogens (tertiary/aromatic N) is 2. The van der Waals surface area contributed by atoms with Crippen molar-refractivity contribution in [3.8, 4) is 0 Å². The molecule has 2 aliphatic heterocycles. The summed E-state index contributed by atoms with van der Waals surface area (Å²) in [5.74, 6) is 1.60. The number of hydrogen-bond donors (Lipinski definition) is 2. The summed E-state index contributed by atoms with van der Waals surface area (Å²) in [6.45, 7) is 21.8. The Kier molecular flexibility index (Phi) is 13.0. The Morgan fingerprint density at radius 1 is 0.903 bits per heavy atom. The molecule has 184 valence electrons. The van der Waals surface area contributed by atoms with Crippen LogP contribution in [0.25, 0.3) is 0 Å². The number of carbonyl (C=O) groups is 1. The van der Waals surface area contributed by atoms with Gasteiger partial charge in [0.25, 0.3) is 0 Å². The zero-order valence-corrected chi connectivity index (χ0v) is 21.6. The van der Waals surface area contributed by atoms with E-state index in [9.17, 15) is 4.79 Å². The Morgan fingerprint density at radius 2 is 1.32 bits per heavy atom. The molecular formula is C25H52N4O2. The van der Waals surface area contributed by atoms with E-state index in [0.717, 1.165) is 37.8 Å². The van der Waals surface area contributed by atoms with Crippen LogP contribution in [0.5, 0.6) is 0 Å². The van der Waals surface area contributed by atoms with E-state index >= 15 is 0 Å². The number of amides is 1. The predicted molar refractivity (Wildman–Crippen MR) is 131 cm³/mol. The lowest BCUT2D eigenvalue weighted by molar-refractivity contribution is 0.0478. The van der Waals surface area contributed by atoms with Crippen LogP contribution < -0.4 is 11.1 Å². The first-order valence-corrected chi connectivity index (χ1v) is 12.6. The second-order valence-electron chi connectivity index (χ2n) is 11.3. The van der Waals surface area contributed by atoms with Gasteiger partial charge in [0.2, 0.25) is 0 Å². The van der Waals surface area contributed by atoms with Crippen LogP contribution in [0.15, 0.2) is 0 Å². The third-order valence-electron chi connectivity index (χ3n) is 5.99. The highest BCUT2D eigenvalue weighted by Crippen LogP contribution is 2.14. The molecular weight excluding hydrogens is 388 g/mol. The Hall–Kier alpha value is -0.850. The molecule has 1 amide bonds. The number of hydrogen-bond acceptors (Lipinski definition) is 5. The molecule has 3 N–H and O–H groups in total. The van der Waals surface area contributed by atoms with Crippen LogP contribution in [0.2, 0.25) is 0 Å². The average molecular weight is 441 g/mol. The van der Waals surface area contributed by atoms with Crippen LogP contribution in [-0.2, 0) is 4.74 Å². The largest absolute Gasteiger partial charge is 0.444 e. The van der Waals surface area contributed by atoms with Crippen LogP contribution in [0, 0.1) is 11.8 Å². The number of likely N-dealkylation sites (tertiary alicyclic amines) is 2. The van der Waals surface area contributed by atoms with Gasteiger partial charge in [-0.05, 0) is 97.3 Å². The van der Waals surface area contributed by atoms with Crippen molar-refractivity contribution in [1.82, 2.24) is 15.1 Å². The smallest absolute Gasteiger partial charge is 0.407 e. The van der Waals surface area contributed by atoms with E-state index in [1.54, 1.807) is 0 Å². The van der Waals surface area contributed by atoms with Crippen LogP contribution in [0.1, 0.15) is 87.0 Å². The lowest BCUT2D eigenvalue weighted by Gasteiger charge is -2.33. The minimum Gasteiger partial charge on any atom is -0.444 e. The molecule has 2 aliphatic rings. The van der Waals surface area contributed by atoms with Crippen molar-refractivity contribution >= 4 is 6.09 Å². The van der Waals surface area contributed by atoms with Gasteiger partial charge in [-0.1, -0.05) is 27.7 Å². The zero-order valence-electron chi connectivity index (χ0n) is 21.6. The molecule has 0 aromatic heterocycles. The first-order valence-electron chi connectivity index (χ1n) is 12.6. The minimum absolute atomic E-state index is 0.269. The van der Waals surface area contributed by atoms with Crippen molar-refractivity contribution in [3.63, 3.8) is 0 Å². The van der Waals surface area contributed by atoms with E-state index in [1.807, 2.05) is 20.8 Å². The molecule has 0 unspecified atom stereocenters. The highest BCUT2D eigenvalue weighted by atomic mass is 16.6. The van der Waals surface area contributed by atoms with Gasteiger partial charge in [0.15, 0.2) is 0 Å². The number of alkyl carbamates (subject to hydrolysis) is 1. The summed E-state index contributed by atoms with van der Waals surface area (Å²) >= 11 is 0. The van der Waals surface area contributed by atoms with Crippen molar-refractivity contribution in [1.29, 1.82) is 0 Å². The highest BCUT2D eigenvalue weighted by Gasteiger charge is 2.23. The molecule has 0 aliphatic carbocycles. The molecule has 31 heavy (non-hydrogen) atoms. The Labute approximate surface area is 192 Å². The lowest BCUT2D eigenvalue weighted by Crippen LogP contribution is -2.46. The van der Waals surface area contributed by atoms with Gasteiger partial charge in [0.1, 0.15) is 5.60 Å². The lowest BCUT2D eigenvalue weighted by atomic mass is 10.0. The normalized spacial score (nSPS) is 19.9. The van der Waals surface area contributed by atoms with E-state index in [1.165, 1.54) is 51.9 Å². The summed E-state index contributed by atoms with van der Waals surface area (Å²) in [7, 11) is 0. The molecule has 0 spiro atoms. The van der Waals surface area contributed by atoms with Crippen LogP contribution in [0.3, 0.4) is 0 Å². The van der Waals surface area contributed by atoms with E-state index < -0.39 is 5.60 Å². The van der Waals surface area contributed by atoms with Crippen LogP contribution in [0.4, 0.5) is 4.79 Å². The Bertz CT molecular complexity index is 474. The summed E-state index contributed by atoms with van der Waals surface area (Å²) in [4.78, 5) is 16.7. The predicted octanol–water partition coefficient (Wildman–Crippen LogP) is 4.48. The van der Waals surface area contributed by atoms with E-state index in [0.29, 0.717) is 6.04 Å². The van der Waals surface area contributed by atoms with Crippen LogP contribution >= 0.6 is 0 Å². The summed E-state index contributed by atoms with van der Waals surface area (Å²) in [5.41, 5.74) is 5.41. The van der Waals surface area contributed by atoms with Crippen molar-refractivity contribution < 1.29 is 9.53 Å². The SMILES string of the molecule is CC(C)CCN1CCC(N)CC1.CC(C)CCN1CCC(NC(=O)OC(C)(C)C)CC1. The maximum Gasteiger partial charge on any atom is 0.407 e. The molecule has 2 heterocycles. The van der Waals surface area contributed by atoms with Gasteiger partial charge in [0, 0.05) is 25.2 Å². The molecule has 0 bridgehead atoms. The molecule has 2 rings (SSSR count). The van der Waals surface area contributed by atoms with Crippen molar-refractivity contribution in [2.45, 2.75) is 105 Å². The first-order chi connectivity index (χ1) is 14.4. The van der Waals surface area contributed by atoms with E-state index in [-0.39, 0.29) is 12.1 Å². The summed E-state index contributed by atoms with van der Waals surface area (Å²) in [5, 5.41) is 2.97. The van der Waals surface area contributed by atoms with Gasteiger partial charge in [-0.15, -0.1) is 0 Å². The maximum atomic E-state index is 11.7. The first kappa shape index (κ1) is 28.2. The maximum absolute atomic E-state index is 11.7. The molecule has 0 saturated carbocycles. The molecule has 0 aromatic carbocycles. The molecule has 6 nitrogen and oxygen atoms in total. The van der Waals surface area contributed by atoms with Gasteiger partial charge in [-0.2, -0.15) is 0 Å². The number of rotatable bonds is 7. The molecule has 0 aromatic rings. The van der Waals surface area contributed by atoms with Gasteiger partial charge < -0.3 is 25.6 Å². The number of carbonyl (C=O) groups excluding carboxylic acids is 1. The number of piperidine rings is 2. The van der Waals surface area contributed by atoms with Crippen molar-refractivity contribution in [3.05, 3.63) is 0 Å². The van der Waals surface area contributed by atoms with E-state index in [4.69, 9.17) is 10.5 Å². The van der Waals surface area contributed by atoms with Gasteiger partial charge in [-0.25, -0.2) is 4.79 Å².